The topological polar surface area (TPSA) is 307 Å². The van der Waals surface area contributed by atoms with Gasteiger partial charge >= 0.3 is 0 Å². The minimum atomic E-state index is -1.98. The van der Waals surface area contributed by atoms with E-state index in [4.69, 9.17) is 28.4 Å². The number of allylic oxidation sites excluding steroid dienone is 5. The van der Waals surface area contributed by atoms with Crippen LogP contribution in [-0.2, 0) is 33.2 Å². The largest absolute Gasteiger partial charge is 0.394 e. The van der Waals surface area contributed by atoms with Gasteiger partial charge in [0.2, 0.25) is 5.91 Å². The zero-order valence-electron chi connectivity index (χ0n) is 68.6. The van der Waals surface area contributed by atoms with Crippen molar-refractivity contribution < 1.29 is 89.4 Å². The molecule has 0 aliphatic carbocycles. The van der Waals surface area contributed by atoms with Gasteiger partial charge in [-0.2, -0.15) is 0 Å². The van der Waals surface area contributed by atoms with Gasteiger partial charge in [0, 0.05) is 6.42 Å². The molecule has 108 heavy (non-hydrogen) atoms. The Balaban J connectivity index is 1.34. The van der Waals surface area contributed by atoms with Crippen LogP contribution in [0.1, 0.15) is 393 Å². The molecule has 17 atom stereocenters. The molecule has 19 heteroatoms. The number of ether oxygens (including phenoxy) is 6. The molecule has 0 radical (unpaired) electrons. The van der Waals surface area contributed by atoms with E-state index in [1.807, 2.05) is 6.08 Å². The van der Waals surface area contributed by atoms with Gasteiger partial charge in [0.1, 0.15) is 73.2 Å². The van der Waals surface area contributed by atoms with Crippen molar-refractivity contribution in [1.29, 1.82) is 0 Å². The van der Waals surface area contributed by atoms with Gasteiger partial charge in [0.05, 0.1) is 38.6 Å². The molecular formula is C89H167NO18. The van der Waals surface area contributed by atoms with Gasteiger partial charge < -0.3 is 89.9 Å². The van der Waals surface area contributed by atoms with Crippen LogP contribution in [0, 0.1) is 0 Å². The van der Waals surface area contributed by atoms with Gasteiger partial charge in [0.15, 0.2) is 18.9 Å². The van der Waals surface area contributed by atoms with Crippen molar-refractivity contribution in [1.82, 2.24) is 5.32 Å². The third-order valence-corrected chi connectivity index (χ3v) is 22.7. The first-order valence-corrected chi connectivity index (χ1v) is 45.2. The molecule has 636 valence electrons. The molecule has 0 aromatic heterocycles. The van der Waals surface area contributed by atoms with Crippen LogP contribution in [0.4, 0.5) is 0 Å². The summed E-state index contributed by atoms with van der Waals surface area (Å²) in [5.74, 6) is -0.277. The number of hydrogen-bond donors (Lipinski definition) is 12. The molecule has 3 rings (SSSR count). The van der Waals surface area contributed by atoms with E-state index in [-0.39, 0.29) is 18.9 Å². The van der Waals surface area contributed by atoms with Gasteiger partial charge in [0.25, 0.3) is 0 Å². The SMILES string of the molecule is CCCCCCCCCC/C=C\CCCCCCCCCCCCCCCCCCCCCCCC(=O)NC(COC1OC(CO)C(OC2OC(CO)C(OC3OC(CO)C(O)C(O)C3O)C(O)C2O)C(O)C1O)C(O)/C=C/CC/C=C/CCCCCCCCCCCCCCCCCCCCCCCCCC. The summed E-state index contributed by atoms with van der Waals surface area (Å²) < 4.78 is 34.5. The maximum absolute atomic E-state index is 13.5. The van der Waals surface area contributed by atoms with Crippen molar-refractivity contribution >= 4 is 5.91 Å². The van der Waals surface area contributed by atoms with Gasteiger partial charge in [-0.25, -0.2) is 0 Å². The van der Waals surface area contributed by atoms with Gasteiger partial charge in [-0.15, -0.1) is 0 Å². The lowest BCUT2D eigenvalue weighted by Gasteiger charge is -2.48. The third-order valence-electron chi connectivity index (χ3n) is 22.7. The smallest absolute Gasteiger partial charge is 0.220 e. The zero-order chi connectivity index (χ0) is 78.1. The van der Waals surface area contributed by atoms with Crippen molar-refractivity contribution in [2.45, 2.75) is 497 Å². The quantitative estimate of drug-likeness (QED) is 0.0199. The fraction of sp³-hybridized carbons (Fsp3) is 0.921. The maximum atomic E-state index is 13.5. The van der Waals surface area contributed by atoms with Crippen LogP contribution in [0.2, 0.25) is 0 Å². The van der Waals surface area contributed by atoms with Gasteiger partial charge in [-0.05, 0) is 57.8 Å². The molecule has 3 fully saturated rings. The first-order chi connectivity index (χ1) is 52.8. The molecule has 0 aromatic rings. The molecule has 0 aromatic carbocycles. The molecule has 0 bridgehead atoms. The van der Waals surface area contributed by atoms with Crippen LogP contribution >= 0.6 is 0 Å². The Labute approximate surface area is 657 Å². The highest BCUT2D eigenvalue weighted by Gasteiger charge is 2.54. The summed E-state index contributed by atoms with van der Waals surface area (Å²) in [6.45, 7) is 1.79. The summed E-state index contributed by atoms with van der Waals surface area (Å²) >= 11 is 0. The summed E-state index contributed by atoms with van der Waals surface area (Å²) in [6.07, 6.45) is 61.7. The van der Waals surface area contributed by atoms with Crippen molar-refractivity contribution in [3.05, 3.63) is 36.5 Å². The molecule has 19 nitrogen and oxygen atoms in total. The van der Waals surface area contributed by atoms with Crippen LogP contribution in [0.15, 0.2) is 36.5 Å². The van der Waals surface area contributed by atoms with Crippen LogP contribution in [0.3, 0.4) is 0 Å². The number of aliphatic hydroxyl groups is 11. The van der Waals surface area contributed by atoms with Crippen LogP contribution in [0.5, 0.6) is 0 Å². The molecule has 17 unspecified atom stereocenters. The second kappa shape index (κ2) is 69.3. The normalized spacial score (nSPS) is 25.5. The number of unbranched alkanes of at least 4 members (excludes halogenated alkanes) is 54. The Morgan fingerprint density at radius 2 is 0.593 bits per heavy atom. The molecule has 12 N–H and O–H groups in total. The highest BCUT2D eigenvalue weighted by atomic mass is 16.8. The summed E-state index contributed by atoms with van der Waals surface area (Å²) in [7, 11) is 0. The highest BCUT2D eigenvalue weighted by molar-refractivity contribution is 5.76. The van der Waals surface area contributed by atoms with Gasteiger partial charge in [-0.3, -0.25) is 4.79 Å². The van der Waals surface area contributed by atoms with E-state index < -0.39 is 124 Å². The lowest BCUT2D eigenvalue weighted by atomic mass is 9.96. The average molecular weight is 1540 g/mol. The molecule has 0 saturated carbocycles. The summed E-state index contributed by atoms with van der Waals surface area (Å²) in [5.41, 5.74) is 0. The number of aliphatic hydroxyl groups excluding tert-OH is 11. The Kier molecular flexibility index (Phi) is 64.3. The number of carbonyl (C=O) groups excluding carboxylic acids is 1. The fourth-order valence-corrected chi connectivity index (χ4v) is 15.4. The Morgan fingerprint density at radius 3 is 0.926 bits per heavy atom. The first kappa shape index (κ1) is 100. The molecular weight excluding hydrogens is 1370 g/mol. The predicted molar refractivity (Wildman–Crippen MR) is 434 cm³/mol. The molecule has 3 aliphatic heterocycles. The number of hydrogen-bond acceptors (Lipinski definition) is 18. The lowest BCUT2D eigenvalue weighted by Crippen LogP contribution is -2.66. The Bertz CT molecular complexity index is 2090. The van der Waals surface area contributed by atoms with Gasteiger partial charge in [-0.1, -0.05) is 365 Å². The summed E-state index contributed by atoms with van der Waals surface area (Å²) in [4.78, 5) is 13.5. The molecule has 0 spiro atoms. The summed E-state index contributed by atoms with van der Waals surface area (Å²) in [5, 5.41) is 121. The zero-order valence-corrected chi connectivity index (χ0v) is 68.6. The second-order valence-electron chi connectivity index (χ2n) is 32.4. The van der Waals surface area contributed by atoms with E-state index >= 15 is 0 Å². The van der Waals surface area contributed by atoms with E-state index in [0.717, 1.165) is 38.5 Å². The van der Waals surface area contributed by atoms with E-state index in [0.29, 0.717) is 12.8 Å². The first-order valence-electron chi connectivity index (χ1n) is 45.2. The molecule has 1 amide bonds. The summed E-state index contributed by atoms with van der Waals surface area (Å²) in [6, 6.07) is -0.991. The number of rotatable bonds is 74. The predicted octanol–water partition coefficient (Wildman–Crippen LogP) is 17.0. The van der Waals surface area contributed by atoms with E-state index in [1.54, 1.807) is 6.08 Å². The average Bonchev–Trinajstić information content (AvgIpc) is 0.779. The molecule has 3 heterocycles. The Morgan fingerprint density at radius 1 is 0.324 bits per heavy atom. The maximum Gasteiger partial charge on any atom is 0.220 e. The van der Waals surface area contributed by atoms with E-state index in [9.17, 15) is 61.0 Å². The van der Waals surface area contributed by atoms with Crippen molar-refractivity contribution in [3.63, 3.8) is 0 Å². The number of carbonyl (C=O) groups is 1. The third kappa shape index (κ3) is 47.8. The monoisotopic (exact) mass is 1540 g/mol. The van der Waals surface area contributed by atoms with Crippen LogP contribution < -0.4 is 5.32 Å². The minimum Gasteiger partial charge on any atom is -0.394 e. The molecule has 3 saturated heterocycles. The lowest BCUT2D eigenvalue weighted by molar-refractivity contribution is -0.379. The standard InChI is InChI=1S/C89H167NO18/c1-3-5-7-9-11-13-15-17-19-21-23-25-27-29-31-33-35-36-37-39-41-43-45-47-49-51-53-55-57-59-61-63-65-67-77(95)90-72(73(94)66-64-62-60-58-56-54-52-50-48-46-44-42-40-38-34-32-30-28-26-24-22-20-18-16-14-12-10-8-6-4-2)71-103-87-83(101)80(98)85(75(69-92)105-87)108-89-84(102)81(99)86(76(70-93)106-89)107-88-82(100)79(97)78(96)74(68-91)104-88/h21,23,56,58,64,66,72-76,78-89,91-94,96-102H,3-20,22,24-55,57,59-63,65,67-71H2,1-2H3,(H,90,95)/b23-21-,58-56+,66-64+. The van der Waals surface area contributed by atoms with Crippen molar-refractivity contribution in [3.8, 4) is 0 Å². The van der Waals surface area contributed by atoms with Crippen molar-refractivity contribution in [2.75, 3.05) is 26.4 Å². The van der Waals surface area contributed by atoms with Crippen LogP contribution in [-0.4, -0.2) is 193 Å². The van der Waals surface area contributed by atoms with Crippen LogP contribution in [0.25, 0.3) is 0 Å². The minimum absolute atomic E-state index is 0.240. The molecule has 3 aliphatic rings. The number of nitrogens with one attached hydrogen (secondary N) is 1. The van der Waals surface area contributed by atoms with Crippen molar-refractivity contribution in [2.24, 2.45) is 0 Å². The van der Waals surface area contributed by atoms with E-state index in [1.165, 1.54) is 321 Å². The second-order valence-corrected chi connectivity index (χ2v) is 32.4. The fourth-order valence-electron chi connectivity index (χ4n) is 15.4. The van der Waals surface area contributed by atoms with E-state index in [2.05, 4.69) is 43.5 Å². The highest BCUT2D eigenvalue weighted by Crippen LogP contribution is 2.34. The Hall–Kier alpha value is -1.99. The number of amides is 1.